The fraction of sp³-hybridized carbons (Fsp3) is 0.381. The van der Waals surface area contributed by atoms with E-state index in [1.165, 1.54) is 36.0 Å². The predicted molar refractivity (Wildman–Crippen MR) is 108 cm³/mol. The molecule has 0 saturated heterocycles. The number of aliphatic carboxylic acids is 1. The van der Waals surface area contributed by atoms with Gasteiger partial charge in [-0.15, -0.1) is 0 Å². The van der Waals surface area contributed by atoms with Crippen LogP contribution in [-0.2, 0) is 4.79 Å². The molecule has 0 heterocycles. The van der Waals surface area contributed by atoms with Crippen LogP contribution in [0.25, 0.3) is 11.1 Å². The maximum absolute atomic E-state index is 14.2. The third-order valence-corrected chi connectivity index (χ3v) is 5.61. The monoisotopic (exact) mass is 429 g/mol. The zero-order valence-electron chi connectivity index (χ0n) is 15.9. The van der Waals surface area contributed by atoms with Crippen LogP contribution in [0.5, 0.6) is 0 Å². The van der Waals surface area contributed by atoms with Crippen molar-refractivity contribution in [3.05, 3.63) is 59.4 Å². The van der Waals surface area contributed by atoms with Crippen molar-refractivity contribution < 1.29 is 27.5 Å². The number of carboxylic acids is 1. The highest BCUT2D eigenvalue weighted by atomic mass is 32.2. The van der Waals surface area contributed by atoms with Gasteiger partial charge in [0, 0.05) is 5.56 Å². The molecule has 0 radical (unpaired) electrons. The average molecular weight is 429 g/mol. The highest BCUT2D eigenvalue weighted by molar-refractivity contribution is 7.99. The Kier molecular flexibility index (Phi) is 8.10. The quantitative estimate of drug-likeness (QED) is 0.415. The first-order chi connectivity index (χ1) is 13.6. The number of nitrogens with two attached hydrogens (primary N) is 1. The van der Waals surface area contributed by atoms with Gasteiger partial charge in [-0.2, -0.15) is 24.9 Å². The molecule has 0 fully saturated rings. The standard InChI is InChI=1S/C21H23F4NO2S/c1-13-5-6-16(18(22)11-13)14-3-2-4-15(12-14)17(21(23,24)25)7-9-29-10-8-19(26)20(27)28/h2-6,11-12,17,19H,7-10,26H2,1H3,(H,27,28). The van der Waals surface area contributed by atoms with Crippen molar-refractivity contribution in [1.82, 2.24) is 0 Å². The summed E-state index contributed by atoms with van der Waals surface area (Å²) in [6.45, 7) is 1.74. The second-order valence-electron chi connectivity index (χ2n) is 6.84. The molecule has 3 nitrogen and oxygen atoms in total. The summed E-state index contributed by atoms with van der Waals surface area (Å²) in [5, 5.41) is 8.73. The molecule has 8 heteroatoms. The number of alkyl halides is 3. The Hall–Kier alpha value is -2.06. The minimum Gasteiger partial charge on any atom is -0.480 e. The Balaban J connectivity index is 2.11. The lowest BCUT2D eigenvalue weighted by Crippen LogP contribution is -2.30. The van der Waals surface area contributed by atoms with Gasteiger partial charge in [0.1, 0.15) is 11.9 Å². The largest absolute Gasteiger partial charge is 0.480 e. The van der Waals surface area contributed by atoms with E-state index in [4.69, 9.17) is 10.8 Å². The summed E-state index contributed by atoms with van der Waals surface area (Å²) >= 11 is 1.24. The molecule has 0 aliphatic carbocycles. The van der Waals surface area contributed by atoms with Crippen LogP contribution in [0.4, 0.5) is 17.6 Å². The van der Waals surface area contributed by atoms with E-state index in [2.05, 4.69) is 0 Å². The smallest absolute Gasteiger partial charge is 0.395 e. The predicted octanol–water partition coefficient (Wildman–Crippen LogP) is 5.37. The Morgan fingerprint density at radius 2 is 1.83 bits per heavy atom. The number of carboxylic acid groups (broad SMARTS) is 1. The normalized spacial score (nSPS) is 13.9. The molecule has 0 amide bonds. The first-order valence-corrected chi connectivity index (χ1v) is 10.2. The average Bonchev–Trinajstić information content (AvgIpc) is 2.63. The van der Waals surface area contributed by atoms with E-state index in [0.717, 1.165) is 5.56 Å². The van der Waals surface area contributed by atoms with E-state index < -0.39 is 29.9 Å². The number of carbonyl (C=O) groups is 1. The van der Waals surface area contributed by atoms with Crippen LogP contribution >= 0.6 is 11.8 Å². The zero-order valence-corrected chi connectivity index (χ0v) is 16.7. The topological polar surface area (TPSA) is 63.3 Å². The molecule has 29 heavy (non-hydrogen) atoms. The summed E-state index contributed by atoms with van der Waals surface area (Å²) in [5.41, 5.74) is 6.86. The molecule has 0 saturated carbocycles. The van der Waals surface area contributed by atoms with Gasteiger partial charge in [-0.3, -0.25) is 4.79 Å². The van der Waals surface area contributed by atoms with E-state index in [0.29, 0.717) is 11.3 Å². The fourth-order valence-electron chi connectivity index (χ4n) is 2.93. The maximum Gasteiger partial charge on any atom is 0.395 e. The molecule has 158 valence electrons. The molecular formula is C21H23F4NO2S. The zero-order chi connectivity index (χ0) is 21.6. The SMILES string of the molecule is Cc1ccc(-c2cccc(C(CCSCCC(N)C(=O)O)C(F)(F)F)c2)c(F)c1. The highest BCUT2D eigenvalue weighted by Gasteiger charge is 2.40. The Bertz CT molecular complexity index is 842. The van der Waals surface area contributed by atoms with Crippen LogP contribution < -0.4 is 5.73 Å². The van der Waals surface area contributed by atoms with Gasteiger partial charge in [0.2, 0.25) is 0 Å². The summed E-state index contributed by atoms with van der Waals surface area (Å²) in [6, 6.07) is 9.49. The molecular weight excluding hydrogens is 406 g/mol. The summed E-state index contributed by atoms with van der Waals surface area (Å²) in [7, 11) is 0. The number of hydrogen-bond acceptors (Lipinski definition) is 3. The van der Waals surface area contributed by atoms with E-state index >= 15 is 0 Å². The summed E-state index contributed by atoms with van der Waals surface area (Å²) in [6.07, 6.45) is -4.41. The van der Waals surface area contributed by atoms with Crippen molar-refractivity contribution >= 4 is 17.7 Å². The van der Waals surface area contributed by atoms with Crippen molar-refractivity contribution in [3.63, 3.8) is 0 Å². The van der Waals surface area contributed by atoms with Crippen LogP contribution in [-0.4, -0.2) is 34.8 Å². The van der Waals surface area contributed by atoms with Gasteiger partial charge in [0.25, 0.3) is 0 Å². The molecule has 2 aromatic carbocycles. The van der Waals surface area contributed by atoms with Crippen molar-refractivity contribution in [2.75, 3.05) is 11.5 Å². The van der Waals surface area contributed by atoms with Gasteiger partial charge in [0.05, 0.1) is 5.92 Å². The van der Waals surface area contributed by atoms with E-state index in [1.807, 2.05) is 0 Å². The highest BCUT2D eigenvalue weighted by Crippen LogP contribution is 2.39. The Labute approximate surface area is 171 Å². The number of halogens is 4. The van der Waals surface area contributed by atoms with Crippen molar-refractivity contribution in [2.45, 2.75) is 37.9 Å². The van der Waals surface area contributed by atoms with Gasteiger partial charge in [-0.05, 0) is 54.0 Å². The summed E-state index contributed by atoms with van der Waals surface area (Å²) in [4.78, 5) is 10.7. The second-order valence-corrected chi connectivity index (χ2v) is 8.06. The van der Waals surface area contributed by atoms with Crippen LogP contribution in [0.1, 0.15) is 29.9 Å². The molecule has 2 atom stereocenters. The Morgan fingerprint density at radius 1 is 1.14 bits per heavy atom. The lowest BCUT2D eigenvalue weighted by atomic mass is 9.92. The molecule has 0 aliphatic rings. The van der Waals surface area contributed by atoms with E-state index in [9.17, 15) is 22.4 Å². The second kappa shape index (κ2) is 10.1. The Morgan fingerprint density at radius 3 is 2.45 bits per heavy atom. The van der Waals surface area contributed by atoms with Gasteiger partial charge in [0.15, 0.2) is 0 Å². The van der Waals surface area contributed by atoms with E-state index in [-0.39, 0.29) is 29.7 Å². The van der Waals surface area contributed by atoms with Crippen LogP contribution in [0.3, 0.4) is 0 Å². The number of benzene rings is 2. The van der Waals surface area contributed by atoms with Crippen LogP contribution in [0.2, 0.25) is 0 Å². The molecule has 3 N–H and O–H groups in total. The molecule has 2 aromatic rings. The number of aryl methyl sites for hydroxylation is 1. The summed E-state index contributed by atoms with van der Waals surface area (Å²) in [5.74, 6) is -2.71. The van der Waals surface area contributed by atoms with Crippen LogP contribution in [0, 0.1) is 12.7 Å². The molecule has 0 spiro atoms. The molecule has 2 unspecified atom stereocenters. The number of hydrogen-bond donors (Lipinski definition) is 2. The molecule has 0 aliphatic heterocycles. The van der Waals surface area contributed by atoms with Gasteiger partial charge in [-0.1, -0.05) is 36.4 Å². The summed E-state index contributed by atoms with van der Waals surface area (Å²) < 4.78 is 55.1. The fourth-order valence-corrected chi connectivity index (χ4v) is 3.96. The minimum atomic E-state index is -4.44. The maximum atomic E-state index is 14.2. The molecule has 0 bridgehead atoms. The lowest BCUT2D eigenvalue weighted by molar-refractivity contribution is -0.150. The first kappa shape index (κ1) is 23.2. The number of thioether (sulfide) groups is 1. The van der Waals surface area contributed by atoms with Gasteiger partial charge in [-0.25, -0.2) is 4.39 Å². The third-order valence-electron chi connectivity index (χ3n) is 4.56. The van der Waals surface area contributed by atoms with Crippen molar-refractivity contribution in [2.24, 2.45) is 5.73 Å². The first-order valence-electron chi connectivity index (χ1n) is 9.09. The van der Waals surface area contributed by atoms with E-state index in [1.54, 1.807) is 25.1 Å². The minimum absolute atomic E-state index is 0.0813. The van der Waals surface area contributed by atoms with Gasteiger partial charge >= 0.3 is 12.1 Å². The molecule has 2 rings (SSSR count). The van der Waals surface area contributed by atoms with Crippen LogP contribution in [0.15, 0.2) is 42.5 Å². The number of rotatable bonds is 9. The molecule has 0 aromatic heterocycles. The van der Waals surface area contributed by atoms with Crippen molar-refractivity contribution in [1.29, 1.82) is 0 Å². The third kappa shape index (κ3) is 6.75. The van der Waals surface area contributed by atoms with Gasteiger partial charge < -0.3 is 10.8 Å². The lowest BCUT2D eigenvalue weighted by Gasteiger charge is -2.21. The van der Waals surface area contributed by atoms with Crippen molar-refractivity contribution in [3.8, 4) is 11.1 Å².